The zero-order valence-electron chi connectivity index (χ0n) is 13.1. The number of carbonyl (C=O) groups is 2. The van der Waals surface area contributed by atoms with E-state index in [1.165, 1.54) is 45.3 Å². The Hall–Kier alpha value is -0.560. The van der Waals surface area contributed by atoms with Crippen LogP contribution in [0.15, 0.2) is 0 Å². The van der Waals surface area contributed by atoms with Gasteiger partial charge in [0.15, 0.2) is 0 Å². The molecule has 22 heavy (non-hydrogen) atoms. The Bertz CT molecular complexity index is 301. The van der Waals surface area contributed by atoms with Crippen LogP contribution < -0.4 is 16.4 Å². The van der Waals surface area contributed by atoms with Gasteiger partial charge in [-0.1, -0.05) is 12.8 Å². The highest BCUT2D eigenvalue weighted by atomic mass is 35.5. The molecule has 0 atom stereocenters. The van der Waals surface area contributed by atoms with Gasteiger partial charge < -0.3 is 21.3 Å². The van der Waals surface area contributed by atoms with E-state index in [-0.39, 0.29) is 49.7 Å². The van der Waals surface area contributed by atoms with Crippen LogP contribution in [0.2, 0.25) is 0 Å². The van der Waals surface area contributed by atoms with Gasteiger partial charge in [0, 0.05) is 6.54 Å². The summed E-state index contributed by atoms with van der Waals surface area (Å²) in [5.74, 6) is -0.454. The number of hydrogen-bond acceptors (Lipinski definition) is 4. The maximum Gasteiger partial charge on any atom is 0.239 e. The molecule has 1 fully saturated rings. The third kappa shape index (κ3) is 12.0. The van der Waals surface area contributed by atoms with Crippen molar-refractivity contribution in [3.8, 4) is 0 Å². The minimum atomic E-state index is -0.304. The molecule has 2 amide bonds. The van der Waals surface area contributed by atoms with Crippen LogP contribution in [0.1, 0.15) is 38.5 Å². The Morgan fingerprint density at radius 2 is 1.59 bits per heavy atom. The van der Waals surface area contributed by atoms with Crippen LogP contribution >= 0.6 is 24.8 Å². The van der Waals surface area contributed by atoms with E-state index in [0.29, 0.717) is 6.54 Å². The monoisotopic (exact) mass is 356 g/mol. The Balaban J connectivity index is 0. The van der Waals surface area contributed by atoms with Crippen molar-refractivity contribution in [3.05, 3.63) is 0 Å². The van der Waals surface area contributed by atoms with E-state index in [4.69, 9.17) is 5.73 Å². The van der Waals surface area contributed by atoms with Gasteiger partial charge in [-0.2, -0.15) is 0 Å². The molecule has 132 valence electrons. The predicted molar refractivity (Wildman–Crippen MR) is 93.7 cm³/mol. The van der Waals surface area contributed by atoms with Gasteiger partial charge in [-0.3, -0.25) is 9.59 Å². The van der Waals surface area contributed by atoms with E-state index in [1.54, 1.807) is 0 Å². The average molecular weight is 357 g/mol. The number of nitrogens with two attached hydrogens (primary N) is 1. The summed E-state index contributed by atoms with van der Waals surface area (Å²) in [6.45, 7) is 4.29. The lowest BCUT2D eigenvalue weighted by molar-refractivity contribution is -0.125. The summed E-state index contributed by atoms with van der Waals surface area (Å²) in [4.78, 5) is 24.8. The highest BCUT2D eigenvalue weighted by Gasteiger charge is 2.08. The average Bonchev–Trinajstić information content (AvgIpc) is 2.49. The van der Waals surface area contributed by atoms with Crippen molar-refractivity contribution in [1.29, 1.82) is 0 Å². The van der Waals surface area contributed by atoms with Gasteiger partial charge in [0.2, 0.25) is 11.8 Å². The Kier molecular flexibility index (Phi) is 16.5. The number of hydrogen-bond donors (Lipinski definition) is 3. The number of piperidine rings is 1. The largest absolute Gasteiger partial charge is 0.355 e. The van der Waals surface area contributed by atoms with Gasteiger partial charge in [0.1, 0.15) is 0 Å². The molecule has 8 heteroatoms. The third-order valence-corrected chi connectivity index (χ3v) is 3.55. The van der Waals surface area contributed by atoms with E-state index in [0.717, 1.165) is 12.8 Å². The van der Waals surface area contributed by atoms with Crippen molar-refractivity contribution in [2.45, 2.75) is 38.5 Å². The molecule has 0 bridgehead atoms. The van der Waals surface area contributed by atoms with Gasteiger partial charge in [0.05, 0.1) is 13.1 Å². The fourth-order valence-electron chi connectivity index (χ4n) is 2.36. The Morgan fingerprint density at radius 1 is 0.909 bits per heavy atom. The van der Waals surface area contributed by atoms with Crippen molar-refractivity contribution >= 4 is 36.6 Å². The second-order valence-electron chi connectivity index (χ2n) is 5.29. The zero-order chi connectivity index (χ0) is 14.6. The maximum absolute atomic E-state index is 11.4. The van der Waals surface area contributed by atoms with Crippen molar-refractivity contribution in [2.24, 2.45) is 5.73 Å². The van der Waals surface area contributed by atoms with Crippen molar-refractivity contribution < 1.29 is 9.59 Å². The first kappa shape index (κ1) is 23.7. The minimum absolute atomic E-state index is 0. The molecule has 0 unspecified atom stereocenters. The quantitative estimate of drug-likeness (QED) is 0.530. The summed E-state index contributed by atoms with van der Waals surface area (Å²) in [7, 11) is 0. The number of amides is 2. The van der Waals surface area contributed by atoms with E-state index in [2.05, 4.69) is 15.5 Å². The molecule has 1 aliphatic heterocycles. The van der Waals surface area contributed by atoms with Gasteiger partial charge in [-0.15, -0.1) is 24.8 Å². The second kappa shape index (κ2) is 15.3. The number of unbranched alkanes of at least 4 members (excludes halogenated alkanes) is 2. The molecule has 0 aliphatic carbocycles. The van der Waals surface area contributed by atoms with Crippen molar-refractivity contribution in [1.82, 2.24) is 15.5 Å². The highest BCUT2D eigenvalue weighted by molar-refractivity contribution is 5.86. The first-order chi connectivity index (χ1) is 9.72. The predicted octanol–water partition coefficient (Wildman–Crippen LogP) is 0.677. The number of rotatable bonds is 9. The summed E-state index contributed by atoms with van der Waals surface area (Å²) < 4.78 is 0. The number of likely N-dealkylation sites (tertiary alicyclic amines) is 1. The van der Waals surface area contributed by atoms with Gasteiger partial charge in [0.25, 0.3) is 0 Å². The molecule has 1 rings (SSSR count). The molecule has 1 heterocycles. The van der Waals surface area contributed by atoms with Gasteiger partial charge in [-0.05, 0) is 45.3 Å². The maximum atomic E-state index is 11.4. The Morgan fingerprint density at radius 3 is 2.23 bits per heavy atom. The molecule has 0 aromatic rings. The lowest BCUT2D eigenvalue weighted by atomic mass is 10.1. The molecule has 0 aromatic heterocycles. The van der Waals surface area contributed by atoms with Gasteiger partial charge in [-0.25, -0.2) is 0 Å². The summed E-state index contributed by atoms with van der Waals surface area (Å²) in [5.41, 5.74) is 5.13. The highest BCUT2D eigenvalue weighted by Crippen LogP contribution is 2.09. The van der Waals surface area contributed by atoms with E-state index >= 15 is 0 Å². The number of nitrogens with zero attached hydrogens (tertiary/aromatic N) is 1. The van der Waals surface area contributed by atoms with Crippen LogP contribution in [-0.2, 0) is 9.59 Å². The van der Waals surface area contributed by atoms with Crippen LogP contribution in [0.25, 0.3) is 0 Å². The molecule has 0 spiro atoms. The number of carbonyl (C=O) groups excluding carboxylic acids is 2. The van der Waals surface area contributed by atoms with Crippen LogP contribution in [0, 0.1) is 0 Å². The summed E-state index contributed by atoms with van der Waals surface area (Å²) in [6.07, 6.45) is 7.37. The molecule has 6 nitrogen and oxygen atoms in total. The van der Waals surface area contributed by atoms with Crippen LogP contribution in [-0.4, -0.2) is 56.0 Å². The lowest BCUT2D eigenvalue weighted by Gasteiger charge is -2.26. The lowest BCUT2D eigenvalue weighted by Crippen LogP contribution is -2.39. The SMILES string of the molecule is Cl.Cl.NCC(=O)NCC(=O)NCCCCCN1CCCCC1. The van der Waals surface area contributed by atoms with Crippen molar-refractivity contribution in [3.63, 3.8) is 0 Å². The van der Waals surface area contributed by atoms with Gasteiger partial charge >= 0.3 is 0 Å². The molecule has 4 N–H and O–H groups in total. The third-order valence-electron chi connectivity index (χ3n) is 3.55. The summed E-state index contributed by atoms with van der Waals surface area (Å²) >= 11 is 0. The first-order valence-corrected chi connectivity index (χ1v) is 7.68. The fourth-order valence-corrected chi connectivity index (χ4v) is 2.36. The van der Waals surface area contributed by atoms with Crippen LogP contribution in [0.4, 0.5) is 0 Å². The molecular weight excluding hydrogens is 327 g/mol. The second-order valence-corrected chi connectivity index (χ2v) is 5.29. The van der Waals surface area contributed by atoms with Crippen LogP contribution in [0.5, 0.6) is 0 Å². The molecule has 0 saturated carbocycles. The fraction of sp³-hybridized carbons (Fsp3) is 0.857. The molecular formula is C14H30Cl2N4O2. The summed E-state index contributed by atoms with van der Waals surface area (Å²) in [5, 5.41) is 5.24. The van der Waals surface area contributed by atoms with E-state index in [9.17, 15) is 9.59 Å². The molecule has 1 saturated heterocycles. The molecule has 1 aliphatic rings. The van der Waals surface area contributed by atoms with E-state index < -0.39 is 0 Å². The normalized spacial score (nSPS) is 14.4. The topological polar surface area (TPSA) is 87.5 Å². The number of halogens is 2. The summed E-state index contributed by atoms with van der Waals surface area (Å²) in [6, 6.07) is 0. The van der Waals surface area contributed by atoms with E-state index in [1.807, 2.05) is 0 Å². The number of nitrogens with one attached hydrogen (secondary N) is 2. The van der Waals surface area contributed by atoms with Crippen molar-refractivity contribution in [2.75, 3.05) is 39.3 Å². The Labute approximate surface area is 145 Å². The first-order valence-electron chi connectivity index (χ1n) is 7.68. The molecule has 0 aromatic carbocycles. The standard InChI is InChI=1S/C14H28N4O2.2ClH/c15-11-13(19)17-12-14(20)16-7-3-1-4-8-18-9-5-2-6-10-18;;/h1-12,15H2,(H,16,20)(H,17,19);2*1H. The molecule has 0 radical (unpaired) electrons. The minimum Gasteiger partial charge on any atom is -0.355 e. The smallest absolute Gasteiger partial charge is 0.239 e. The van der Waals surface area contributed by atoms with Crippen LogP contribution in [0.3, 0.4) is 0 Å². The zero-order valence-corrected chi connectivity index (χ0v) is 14.8.